The zero-order chi connectivity index (χ0) is 17.4. The highest BCUT2D eigenvalue weighted by atomic mass is 16.6. The standard InChI is InChI=1S/C14H17N5O5/c1-2-23-13-6(3-15)8-11(16)17-5-18-12(8)19(13)14-10(22)9(21)7(4-20)24-14/h5,7,9-10,14,20-22H,2,4H2,1H3,(H2,16,17,18)/t7-,9+,10-,14-/m0/s1. The summed E-state index contributed by atoms with van der Waals surface area (Å²) in [7, 11) is 0. The van der Waals surface area contributed by atoms with Crippen LogP contribution in [0.2, 0.25) is 0 Å². The molecule has 5 N–H and O–H groups in total. The Labute approximate surface area is 136 Å². The number of hydrogen-bond donors (Lipinski definition) is 4. The molecular weight excluding hydrogens is 318 g/mol. The first-order chi connectivity index (χ1) is 11.5. The molecule has 10 heteroatoms. The summed E-state index contributed by atoms with van der Waals surface area (Å²) in [6, 6.07) is 2.00. The summed E-state index contributed by atoms with van der Waals surface area (Å²) in [5.74, 6) is 0.194. The van der Waals surface area contributed by atoms with Gasteiger partial charge in [-0.3, -0.25) is 4.57 Å². The summed E-state index contributed by atoms with van der Waals surface area (Å²) in [5, 5.41) is 39.3. The third-order valence-electron chi connectivity index (χ3n) is 3.93. The lowest BCUT2D eigenvalue weighted by atomic mass is 10.1. The number of nitrogens with two attached hydrogens (primary N) is 1. The fourth-order valence-electron chi connectivity index (χ4n) is 2.85. The average molecular weight is 335 g/mol. The number of aliphatic hydroxyl groups is 3. The maximum Gasteiger partial charge on any atom is 0.216 e. The highest BCUT2D eigenvalue weighted by Crippen LogP contribution is 2.40. The maximum absolute atomic E-state index is 10.3. The second kappa shape index (κ2) is 6.21. The number of anilines is 1. The van der Waals surface area contributed by atoms with Crippen molar-refractivity contribution in [3.8, 4) is 11.9 Å². The SMILES string of the molecule is CCOc1c(C#N)c2c(N)ncnc2n1[C@H]1O[C@@H](CO)[C@@H](O)[C@@H]1O. The number of ether oxygens (including phenoxy) is 2. The van der Waals surface area contributed by atoms with E-state index in [1.807, 2.05) is 6.07 Å². The first-order valence-corrected chi connectivity index (χ1v) is 7.34. The fraction of sp³-hybridized carbons (Fsp3) is 0.500. The van der Waals surface area contributed by atoms with Crippen molar-refractivity contribution in [2.75, 3.05) is 18.9 Å². The van der Waals surface area contributed by atoms with Crippen molar-refractivity contribution in [2.24, 2.45) is 0 Å². The molecule has 1 fully saturated rings. The van der Waals surface area contributed by atoms with Crippen LogP contribution in [0.3, 0.4) is 0 Å². The molecule has 0 unspecified atom stereocenters. The van der Waals surface area contributed by atoms with Gasteiger partial charge in [0.15, 0.2) is 11.9 Å². The third-order valence-corrected chi connectivity index (χ3v) is 3.93. The lowest BCUT2D eigenvalue weighted by molar-refractivity contribution is -0.0537. The van der Waals surface area contributed by atoms with Gasteiger partial charge in [-0.2, -0.15) is 5.26 Å². The second-order valence-corrected chi connectivity index (χ2v) is 5.28. The van der Waals surface area contributed by atoms with Crippen molar-refractivity contribution < 1.29 is 24.8 Å². The zero-order valence-electron chi connectivity index (χ0n) is 12.8. The van der Waals surface area contributed by atoms with Crippen LogP contribution in [-0.2, 0) is 4.74 Å². The number of nitrogens with zero attached hydrogens (tertiary/aromatic N) is 4. The summed E-state index contributed by atoms with van der Waals surface area (Å²) in [6.45, 7) is 1.50. The summed E-state index contributed by atoms with van der Waals surface area (Å²) in [4.78, 5) is 7.99. The van der Waals surface area contributed by atoms with Crippen LogP contribution in [0.4, 0.5) is 5.82 Å². The minimum absolute atomic E-state index is 0.0861. The molecule has 0 saturated carbocycles. The van der Waals surface area contributed by atoms with E-state index in [0.717, 1.165) is 0 Å². The molecule has 0 radical (unpaired) electrons. The highest BCUT2D eigenvalue weighted by molar-refractivity contribution is 5.94. The van der Waals surface area contributed by atoms with Gasteiger partial charge in [0.1, 0.15) is 42.1 Å². The Morgan fingerprint density at radius 1 is 1.42 bits per heavy atom. The quantitative estimate of drug-likeness (QED) is 0.543. The predicted molar refractivity (Wildman–Crippen MR) is 80.8 cm³/mol. The first kappa shape index (κ1) is 16.4. The van der Waals surface area contributed by atoms with Crippen molar-refractivity contribution in [2.45, 2.75) is 31.5 Å². The van der Waals surface area contributed by atoms with Gasteiger partial charge < -0.3 is 30.5 Å². The van der Waals surface area contributed by atoms with Gasteiger partial charge in [0.2, 0.25) is 5.88 Å². The van der Waals surface area contributed by atoms with E-state index in [-0.39, 0.29) is 34.9 Å². The van der Waals surface area contributed by atoms with E-state index in [0.29, 0.717) is 0 Å². The number of nitriles is 1. The van der Waals surface area contributed by atoms with Crippen molar-refractivity contribution in [3.63, 3.8) is 0 Å². The Kier molecular flexibility index (Phi) is 4.25. The molecule has 3 heterocycles. The maximum atomic E-state index is 10.3. The van der Waals surface area contributed by atoms with Crippen molar-refractivity contribution in [1.29, 1.82) is 5.26 Å². The minimum atomic E-state index is -1.35. The number of aromatic nitrogens is 3. The van der Waals surface area contributed by atoms with Gasteiger partial charge in [-0.05, 0) is 6.92 Å². The van der Waals surface area contributed by atoms with Crippen molar-refractivity contribution >= 4 is 16.9 Å². The van der Waals surface area contributed by atoms with Crippen LogP contribution in [0.1, 0.15) is 18.7 Å². The van der Waals surface area contributed by atoms with Gasteiger partial charge in [0.05, 0.1) is 18.6 Å². The molecule has 24 heavy (non-hydrogen) atoms. The van der Waals surface area contributed by atoms with Crippen LogP contribution in [0, 0.1) is 11.3 Å². The smallest absolute Gasteiger partial charge is 0.216 e. The third kappa shape index (κ3) is 2.26. The molecule has 2 aromatic heterocycles. The van der Waals surface area contributed by atoms with E-state index in [2.05, 4.69) is 9.97 Å². The summed E-state index contributed by atoms with van der Waals surface area (Å²) < 4.78 is 12.4. The number of fused-ring (bicyclic) bond motifs is 1. The molecule has 0 amide bonds. The summed E-state index contributed by atoms with van der Waals surface area (Å²) in [6.07, 6.45) is -3.50. The number of nitrogen functional groups attached to an aromatic ring is 1. The molecule has 128 valence electrons. The molecule has 0 spiro atoms. The lowest BCUT2D eigenvalue weighted by Crippen LogP contribution is -2.33. The Morgan fingerprint density at radius 3 is 2.75 bits per heavy atom. The molecule has 0 aromatic carbocycles. The second-order valence-electron chi connectivity index (χ2n) is 5.28. The lowest BCUT2D eigenvalue weighted by Gasteiger charge is -2.20. The number of rotatable bonds is 4. The van der Waals surface area contributed by atoms with Crippen molar-refractivity contribution in [3.05, 3.63) is 11.9 Å². The molecule has 0 bridgehead atoms. The van der Waals surface area contributed by atoms with Crippen LogP contribution in [0.15, 0.2) is 6.33 Å². The van der Waals surface area contributed by atoms with Crippen LogP contribution >= 0.6 is 0 Å². The van der Waals surface area contributed by atoms with Crippen LogP contribution in [0.25, 0.3) is 11.0 Å². The average Bonchev–Trinajstić information content (AvgIpc) is 3.04. The van der Waals surface area contributed by atoms with Crippen LogP contribution < -0.4 is 10.5 Å². The molecule has 2 aromatic rings. The molecule has 1 saturated heterocycles. The molecular formula is C14H17N5O5. The van der Waals surface area contributed by atoms with E-state index in [1.54, 1.807) is 6.92 Å². The Bertz CT molecular complexity index is 801. The van der Waals surface area contributed by atoms with Gasteiger partial charge >= 0.3 is 0 Å². The van der Waals surface area contributed by atoms with E-state index in [4.69, 9.17) is 15.2 Å². The van der Waals surface area contributed by atoms with Gasteiger partial charge in [-0.1, -0.05) is 0 Å². The molecule has 4 atom stereocenters. The topological polar surface area (TPSA) is 160 Å². The van der Waals surface area contributed by atoms with E-state index >= 15 is 0 Å². The largest absolute Gasteiger partial charge is 0.478 e. The molecule has 1 aliphatic heterocycles. The fourth-order valence-corrected chi connectivity index (χ4v) is 2.85. The van der Waals surface area contributed by atoms with Gasteiger partial charge in [-0.25, -0.2) is 9.97 Å². The monoisotopic (exact) mass is 335 g/mol. The number of hydrogen-bond acceptors (Lipinski definition) is 9. The molecule has 1 aliphatic rings. The first-order valence-electron chi connectivity index (χ1n) is 7.34. The van der Waals surface area contributed by atoms with Gasteiger partial charge in [0, 0.05) is 0 Å². The Hall–Kier alpha value is -2.45. The van der Waals surface area contributed by atoms with Crippen LogP contribution in [0.5, 0.6) is 5.88 Å². The molecule has 3 rings (SSSR count). The van der Waals surface area contributed by atoms with Gasteiger partial charge in [0.25, 0.3) is 0 Å². The zero-order valence-corrected chi connectivity index (χ0v) is 12.8. The molecule has 10 nitrogen and oxygen atoms in total. The minimum Gasteiger partial charge on any atom is -0.478 e. The normalized spacial score (nSPS) is 26.6. The summed E-state index contributed by atoms with van der Waals surface area (Å²) >= 11 is 0. The number of aliphatic hydroxyl groups excluding tert-OH is 3. The summed E-state index contributed by atoms with van der Waals surface area (Å²) in [5.41, 5.74) is 6.21. The highest BCUT2D eigenvalue weighted by Gasteiger charge is 2.45. The molecule has 0 aliphatic carbocycles. The van der Waals surface area contributed by atoms with E-state index in [1.165, 1.54) is 10.9 Å². The van der Waals surface area contributed by atoms with E-state index < -0.39 is 31.1 Å². The predicted octanol–water partition coefficient (Wildman–Crippen LogP) is -1.10. The van der Waals surface area contributed by atoms with Gasteiger partial charge in [-0.15, -0.1) is 0 Å². The van der Waals surface area contributed by atoms with Crippen LogP contribution in [-0.4, -0.2) is 61.4 Å². The Balaban J connectivity index is 2.26. The van der Waals surface area contributed by atoms with E-state index in [9.17, 15) is 20.6 Å². The van der Waals surface area contributed by atoms with Crippen molar-refractivity contribution in [1.82, 2.24) is 14.5 Å². The Morgan fingerprint density at radius 2 is 2.17 bits per heavy atom.